The number of sulfone groups is 1. The Hall–Kier alpha value is -2.32. The molecule has 158 valence electrons. The number of nitrogens with zero attached hydrogens (tertiary/aromatic N) is 1. The Labute approximate surface area is 181 Å². The number of aryl methyl sites for hydroxylation is 1. The molecule has 0 fully saturated rings. The summed E-state index contributed by atoms with van der Waals surface area (Å²) in [5.41, 5.74) is 2.64. The summed E-state index contributed by atoms with van der Waals surface area (Å²) < 4.78 is 25.8. The fourth-order valence-electron chi connectivity index (χ4n) is 3.85. The zero-order valence-corrected chi connectivity index (χ0v) is 18.4. The average molecular weight is 445 g/mol. The Balaban J connectivity index is 1.48. The van der Waals surface area contributed by atoms with Crippen molar-refractivity contribution in [3.63, 3.8) is 0 Å². The van der Waals surface area contributed by atoms with Crippen LogP contribution in [0.3, 0.4) is 0 Å². The van der Waals surface area contributed by atoms with Gasteiger partial charge in [-0.1, -0.05) is 25.1 Å². The van der Waals surface area contributed by atoms with Crippen molar-refractivity contribution in [1.29, 1.82) is 0 Å². The minimum absolute atomic E-state index is 0.0574. The van der Waals surface area contributed by atoms with Crippen LogP contribution in [0.1, 0.15) is 31.7 Å². The Kier molecular flexibility index (Phi) is 5.88. The Bertz CT molecular complexity index is 1100. The van der Waals surface area contributed by atoms with Crippen molar-refractivity contribution < 1.29 is 18.0 Å². The van der Waals surface area contributed by atoms with Gasteiger partial charge in [0.2, 0.25) is 11.8 Å². The van der Waals surface area contributed by atoms with Crippen molar-refractivity contribution in [2.75, 3.05) is 22.5 Å². The van der Waals surface area contributed by atoms with Gasteiger partial charge in [-0.25, -0.2) is 8.42 Å². The number of benzene rings is 2. The lowest BCUT2D eigenvalue weighted by Gasteiger charge is -2.29. The number of rotatable bonds is 5. The second kappa shape index (κ2) is 8.43. The second-order valence-corrected chi connectivity index (χ2v) is 10.9. The number of hydrogen-bond donors (Lipinski definition) is 1. The molecule has 0 aromatic heterocycles. The van der Waals surface area contributed by atoms with Crippen LogP contribution in [0.25, 0.3) is 0 Å². The van der Waals surface area contributed by atoms with Crippen LogP contribution < -0.4 is 10.2 Å². The van der Waals surface area contributed by atoms with Crippen LogP contribution in [0.5, 0.6) is 0 Å². The summed E-state index contributed by atoms with van der Waals surface area (Å²) >= 11 is 1.38. The molecular weight excluding hydrogens is 420 g/mol. The monoisotopic (exact) mass is 444 g/mol. The fraction of sp³-hybridized carbons (Fsp3) is 0.364. The minimum atomic E-state index is -3.62. The van der Waals surface area contributed by atoms with E-state index in [0.29, 0.717) is 18.7 Å². The highest BCUT2D eigenvalue weighted by atomic mass is 32.2. The van der Waals surface area contributed by atoms with Gasteiger partial charge in [0.1, 0.15) is 0 Å². The number of nitrogens with one attached hydrogen (secondary N) is 1. The fourth-order valence-corrected chi connectivity index (χ4v) is 6.26. The Morgan fingerprint density at radius 2 is 2.03 bits per heavy atom. The molecule has 0 spiro atoms. The van der Waals surface area contributed by atoms with E-state index in [-0.39, 0.29) is 34.1 Å². The Morgan fingerprint density at radius 1 is 1.23 bits per heavy atom. The van der Waals surface area contributed by atoms with Gasteiger partial charge in [-0.15, -0.1) is 11.8 Å². The summed E-state index contributed by atoms with van der Waals surface area (Å²) in [6.07, 6.45) is 2.41. The molecule has 4 rings (SSSR count). The first kappa shape index (κ1) is 20.9. The molecule has 0 aliphatic carbocycles. The van der Waals surface area contributed by atoms with Gasteiger partial charge in [0, 0.05) is 23.5 Å². The molecule has 1 atom stereocenters. The molecule has 2 heterocycles. The van der Waals surface area contributed by atoms with E-state index >= 15 is 0 Å². The third kappa shape index (κ3) is 4.11. The van der Waals surface area contributed by atoms with Gasteiger partial charge < -0.3 is 10.2 Å². The van der Waals surface area contributed by atoms with Gasteiger partial charge in [0.05, 0.1) is 21.6 Å². The van der Waals surface area contributed by atoms with Crippen LogP contribution in [0.4, 0.5) is 11.4 Å². The minimum Gasteiger partial charge on any atom is -0.324 e. The van der Waals surface area contributed by atoms with E-state index in [4.69, 9.17) is 0 Å². The summed E-state index contributed by atoms with van der Waals surface area (Å²) in [4.78, 5) is 27.4. The standard InChI is InChI=1S/C22H24N2O4S2/c1-2-19-22(26)23-17-10-9-16(14-20(17)29-19)30(27,28)13-11-21(25)24-12-5-7-15-6-3-4-8-18(15)24/h3-4,6,8-10,14,19H,2,5,7,11-13H2,1H3,(H,23,26). The van der Waals surface area contributed by atoms with Crippen molar-refractivity contribution in [1.82, 2.24) is 0 Å². The molecule has 1 unspecified atom stereocenters. The largest absolute Gasteiger partial charge is 0.324 e. The van der Waals surface area contributed by atoms with Crippen molar-refractivity contribution in [2.45, 2.75) is 47.6 Å². The van der Waals surface area contributed by atoms with E-state index in [0.717, 1.165) is 29.0 Å². The molecule has 2 aromatic rings. The smallest absolute Gasteiger partial charge is 0.237 e. The first-order valence-corrected chi connectivity index (χ1v) is 12.6. The molecular formula is C22H24N2O4S2. The predicted octanol–water partition coefficient (Wildman–Crippen LogP) is 3.65. The highest BCUT2D eigenvalue weighted by molar-refractivity contribution is 8.01. The molecule has 0 saturated carbocycles. The maximum Gasteiger partial charge on any atom is 0.237 e. The van der Waals surface area contributed by atoms with Crippen LogP contribution in [-0.4, -0.2) is 37.8 Å². The van der Waals surface area contributed by atoms with Crippen LogP contribution in [0.2, 0.25) is 0 Å². The molecule has 2 aromatic carbocycles. The highest BCUT2D eigenvalue weighted by Crippen LogP contribution is 2.38. The molecule has 6 nitrogen and oxygen atoms in total. The predicted molar refractivity (Wildman–Crippen MR) is 119 cm³/mol. The van der Waals surface area contributed by atoms with Crippen LogP contribution in [-0.2, 0) is 25.8 Å². The highest BCUT2D eigenvalue weighted by Gasteiger charge is 2.28. The summed E-state index contributed by atoms with van der Waals surface area (Å²) in [6, 6.07) is 12.5. The number of amides is 2. The van der Waals surface area contributed by atoms with E-state index in [1.807, 2.05) is 31.2 Å². The van der Waals surface area contributed by atoms with Gasteiger partial charge >= 0.3 is 0 Å². The molecule has 0 bridgehead atoms. The number of anilines is 2. The summed E-state index contributed by atoms with van der Waals surface area (Å²) in [5, 5.41) is 2.60. The van der Waals surface area contributed by atoms with E-state index in [1.54, 1.807) is 17.0 Å². The van der Waals surface area contributed by atoms with Crippen LogP contribution in [0, 0.1) is 0 Å². The molecule has 8 heteroatoms. The lowest BCUT2D eigenvalue weighted by Crippen LogP contribution is -2.36. The molecule has 1 N–H and O–H groups in total. The Morgan fingerprint density at radius 3 is 2.83 bits per heavy atom. The molecule has 2 amide bonds. The first-order chi connectivity index (χ1) is 14.4. The van der Waals surface area contributed by atoms with Gasteiger partial charge in [-0.05, 0) is 49.1 Å². The zero-order chi connectivity index (χ0) is 21.3. The molecule has 30 heavy (non-hydrogen) atoms. The summed E-state index contributed by atoms with van der Waals surface area (Å²) in [6.45, 7) is 2.54. The number of para-hydroxylation sites is 1. The van der Waals surface area contributed by atoms with E-state index in [9.17, 15) is 18.0 Å². The van der Waals surface area contributed by atoms with Gasteiger partial charge in [0.25, 0.3) is 0 Å². The normalized spacial score (nSPS) is 18.4. The van der Waals surface area contributed by atoms with Crippen LogP contribution >= 0.6 is 11.8 Å². The van der Waals surface area contributed by atoms with Crippen LogP contribution in [0.15, 0.2) is 52.3 Å². The van der Waals surface area contributed by atoms with E-state index in [2.05, 4.69) is 5.32 Å². The molecule has 0 saturated heterocycles. The number of hydrogen-bond acceptors (Lipinski definition) is 5. The first-order valence-electron chi connectivity index (χ1n) is 10.1. The maximum absolute atomic E-state index is 12.9. The number of thioether (sulfide) groups is 1. The van der Waals surface area contributed by atoms with Gasteiger partial charge in [-0.2, -0.15) is 0 Å². The lowest BCUT2D eigenvalue weighted by molar-refractivity contribution is -0.118. The third-order valence-electron chi connectivity index (χ3n) is 5.50. The van der Waals surface area contributed by atoms with Crippen molar-refractivity contribution in [3.05, 3.63) is 48.0 Å². The topological polar surface area (TPSA) is 83.6 Å². The summed E-state index contributed by atoms with van der Waals surface area (Å²) in [5.74, 6) is -0.466. The average Bonchev–Trinajstić information content (AvgIpc) is 2.76. The van der Waals surface area contributed by atoms with Crippen molar-refractivity contribution in [3.8, 4) is 0 Å². The summed E-state index contributed by atoms with van der Waals surface area (Å²) in [7, 11) is -3.62. The number of fused-ring (bicyclic) bond motifs is 2. The van der Waals surface area contributed by atoms with Gasteiger partial charge in [-0.3, -0.25) is 9.59 Å². The third-order valence-corrected chi connectivity index (χ3v) is 8.64. The molecule has 2 aliphatic rings. The SMILES string of the molecule is CCC1Sc2cc(S(=O)(=O)CCC(=O)N3CCCc4ccccc43)ccc2NC1=O. The number of carbonyl (C=O) groups is 2. The van der Waals surface area contributed by atoms with E-state index < -0.39 is 9.84 Å². The zero-order valence-electron chi connectivity index (χ0n) is 16.8. The lowest BCUT2D eigenvalue weighted by atomic mass is 10.0. The van der Waals surface area contributed by atoms with E-state index in [1.165, 1.54) is 17.8 Å². The quantitative estimate of drug-likeness (QED) is 0.761. The van der Waals surface area contributed by atoms with Crippen molar-refractivity contribution >= 4 is 44.8 Å². The molecule has 0 radical (unpaired) electrons. The number of carbonyl (C=O) groups excluding carboxylic acids is 2. The second-order valence-electron chi connectivity index (χ2n) is 7.51. The van der Waals surface area contributed by atoms with Crippen molar-refractivity contribution in [2.24, 2.45) is 0 Å². The van der Waals surface area contributed by atoms with Gasteiger partial charge in [0.15, 0.2) is 9.84 Å². The molecule has 2 aliphatic heterocycles. The maximum atomic E-state index is 12.9.